The summed E-state index contributed by atoms with van der Waals surface area (Å²) in [6.07, 6.45) is 1.75. The molecule has 0 amide bonds. The number of carbonyl (C=O) groups excluding carboxylic acids is 2. The standard InChI is InChI=1S/C89H106O20/c1-12-30-96-36-38-102-46-50-106-108-82-59-66(57-74(86(91)95-11)84(82)109-107-51-47-103-39-37-97-31-13-2)89(65-56-73(85(90)94-10)83(105-49-45-101-43-41-99-35-33-93-9)81(58-65)104-48-44-100-42-40-98-34-32-92-8)79-54-63(61-22-26-69-67-18-14-16-20-75(67)87(5,6)77(69)52-61)24-28-71(79)72-29-25-64(55-80(72)89)62-23-27-70-68-19-15-17-21-76(68)88(7,60(3)4)78(70)53-62/h14-29,52-60H,12-13,30-51H2,1-11H3. The molecule has 0 bridgehead atoms. The maximum absolute atomic E-state index is 15.2. The molecule has 109 heavy (non-hydrogen) atoms. The van der Waals surface area contributed by atoms with Gasteiger partial charge in [-0.3, -0.25) is 0 Å². The van der Waals surface area contributed by atoms with Crippen molar-refractivity contribution in [2.45, 2.75) is 77.6 Å². The number of benzene rings is 8. The summed E-state index contributed by atoms with van der Waals surface area (Å²) in [6.45, 7) is 21.4. The van der Waals surface area contributed by atoms with Gasteiger partial charge < -0.3 is 76.1 Å². The Morgan fingerprint density at radius 1 is 0.339 bits per heavy atom. The minimum absolute atomic E-state index is 0.000670. The molecule has 0 N–H and O–H groups in total. The van der Waals surface area contributed by atoms with Gasteiger partial charge in [-0.25, -0.2) is 9.59 Å². The van der Waals surface area contributed by atoms with Crippen LogP contribution in [0.3, 0.4) is 0 Å². The highest BCUT2D eigenvalue weighted by molar-refractivity contribution is 5.98. The average molecular weight is 1500 g/mol. The van der Waals surface area contributed by atoms with Gasteiger partial charge >= 0.3 is 11.9 Å². The molecule has 0 saturated carbocycles. The number of ether oxygens (including phenoxy) is 14. The average Bonchev–Trinajstić information content (AvgIpc) is 1.55. The molecule has 2 atom stereocenters. The zero-order valence-electron chi connectivity index (χ0n) is 65.1. The molecule has 11 rings (SSSR count). The number of methoxy groups -OCH3 is 4. The van der Waals surface area contributed by atoms with E-state index < -0.39 is 17.4 Å². The van der Waals surface area contributed by atoms with Crippen LogP contribution in [0.4, 0.5) is 0 Å². The summed E-state index contributed by atoms with van der Waals surface area (Å²) < 4.78 is 82.2. The number of carbonyl (C=O) groups is 2. The van der Waals surface area contributed by atoms with Crippen molar-refractivity contribution in [3.8, 4) is 78.6 Å². The van der Waals surface area contributed by atoms with Crippen LogP contribution in [-0.2, 0) is 82.9 Å². The quantitative estimate of drug-likeness (QED) is 0.0151. The van der Waals surface area contributed by atoms with Gasteiger partial charge in [-0.15, -0.1) is 0 Å². The van der Waals surface area contributed by atoms with Crippen LogP contribution in [0.2, 0.25) is 0 Å². The normalized spacial score (nSPS) is 15.4. The van der Waals surface area contributed by atoms with E-state index in [0.717, 1.165) is 57.3 Å². The molecule has 0 aliphatic heterocycles. The fourth-order valence-corrected chi connectivity index (χ4v) is 14.9. The highest BCUT2D eigenvalue weighted by atomic mass is 17.2. The zero-order valence-corrected chi connectivity index (χ0v) is 65.1. The molecule has 0 saturated heterocycles. The number of fused-ring (bicyclic) bond motifs is 9. The summed E-state index contributed by atoms with van der Waals surface area (Å²) in [5, 5.41) is 0. The van der Waals surface area contributed by atoms with Gasteiger partial charge in [0.25, 0.3) is 0 Å². The van der Waals surface area contributed by atoms with Crippen LogP contribution in [-0.4, -0.2) is 186 Å². The van der Waals surface area contributed by atoms with Gasteiger partial charge in [-0.05, 0) is 167 Å². The Morgan fingerprint density at radius 2 is 0.706 bits per heavy atom. The van der Waals surface area contributed by atoms with Crippen molar-refractivity contribution in [3.05, 3.63) is 201 Å². The maximum Gasteiger partial charge on any atom is 0.341 e. The summed E-state index contributed by atoms with van der Waals surface area (Å²) in [4.78, 5) is 55.1. The van der Waals surface area contributed by atoms with Crippen LogP contribution in [0.5, 0.6) is 23.0 Å². The number of rotatable bonds is 47. The first-order valence-corrected chi connectivity index (χ1v) is 38.0. The van der Waals surface area contributed by atoms with Crippen LogP contribution < -0.4 is 19.2 Å². The molecule has 2 unspecified atom stereocenters. The van der Waals surface area contributed by atoms with Crippen LogP contribution in [0.15, 0.2) is 146 Å². The minimum atomic E-state index is -1.60. The smallest absolute Gasteiger partial charge is 0.341 e. The number of hydrogen-bond acceptors (Lipinski definition) is 20. The second-order valence-corrected chi connectivity index (χ2v) is 27.9. The van der Waals surface area contributed by atoms with Crippen molar-refractivity contribution in [2.75, 3.05) is 174 Å². The van der Waals surface area contributed by atoms with Gasteiger partial charge in [-0.2, -0.15) is 9.78 Å². The molecule has 8 aromatic carbocycles. The van der Waals surface area contributed by atoms with Crippen molar-refractivity contribution in [2.24, 2.45) is 5.92 Å². The van der Waals surface area contributed by atoms with Crippen molar-refractivity contribution < 1.29 is 95.5 Å². The number of hydrogen-bond donors (Lipinski definition) is 0. The fraction of sp³-hybridized carbons (Fsp3) is 0.438. The van der Waals surface area contributed by atoms with Crippen LogP contribution >= 0.6 is 0 Å². The summed E-state index contributed by atoms with van der Waals surface area (Å²) in [5.74, 6) is -1.25. The maximum atomic E-state index is 15.2. The van der Waals surface area contributed by atoms with Gasteiger partial charge in [0.05, 0.1) is 125 Å². The molecular formula is C89H106O20. The zero-order chi connectivity index (χ0) is 76.8. The largest absolute Gasteiger partial charge is 0.487 e. The molecule has 0 radical (unpaired) electrons. The van der Waals surface area contributed by atoms with Crippen LogP contribution in [0, 0.1) is 5.92 Å². The molecule has 8 aromatic rings. The summed E-state index contributed by atoms with van der Waals surface area (Å²) >= 11 is 0. The van der Waals surface area contributed by atoms with Crippen molar-refractivity contribution in [1.82, 2.24) is 0 Å². The minimum Gasteiger partial charge on any atom is -0.487 e. The van der Waals surface area contributed by atoms with Crippen LogP contribution in [0.25, 0.3) is 55.6 Å². The molecule has 3 aliphatic rings. The lowest BCUT2D eigenvalue weighted by Gasteiger charge is -2.36. The summed E-state index contributed by atoms with van der Waals surface area (Å²) in [5.41, 5.74) is 15.2. The Hall–Kier alpha value is -8.58. The van der Waals surface area contributed by atoms with Gasteiger partial charge in [-0.1, -0.05) is 146 Å². The summed E-state index contributed by atoms with van der Waals surface area (Å²) in [6, 6.07) is 51.0. The van der Waals surface area contributed by atoms with Crippen molar-refractivity contribution in [3.63, 3.8) is 0 Å². The molecule has 20 nitrogen and oxygen atoms in total. The van der Waals surface area contributed by atoms with E-state index in [-0.39, 0.29) is 117 Å². The van der Waals surface area contributed by atoms with Gasteiger partial charge in [0.1, 0.15) is 37.6 Å². The molecular weight excluding hydrogens is 1390 g/mol. The Balaban J connectivity index is 1.17. The topological polar surface area (TPSA) is 200 Å². The fourth-order valence-electron chi connectivity index (χ4n) is 14.9. The Labute approximate surface area is 641 Å². The van der Waals surface area contributed by atoms with E-state index in [4.69, 9.17) is 85.9 Å². The first-order valence-electron chi connectivity index (χ1n) is 38.0. The van der Waals surface area contributed by atoms with Crippen molar-refractivity contribution in [1.29, 1.82) is 0 Å². The van der Waals surface area contributed by atoms with E-state index in [1.807, 2.05) is 19.9 Å². The highest BCUT2D eigenvalue weighted by Crippen LogP contribution is 2.61. The van der Waals surface area contributed by atoms with Gasteiger partial charge in [0, 0.05) is 38.3 Å². The lowest BCUT2D eigenvalue weighted by Crippen LogP contribution is -2.30. The van der Waals surface area contributed by atoms with Crippen LogP contribution in [0.1, 0.15) is 127 Å². The third-order valence-corrected chi connectivity index (χ3v) is 20.6. The predicted molar refractivity (Wildman–Crippen MR) is 417 cm³/mol. The Morgan fingerprint density at radius 3 is 1.18 bits per heavy atom. The molecule has 582 valence electrons. The SMILES string of the molecule is CCCOCCOCCOOc1cc(C2(c3cc(OCCOCCOCCOC)c(OCCOCCOCCOC)c(C(=O)OC)c3)c3cc(-c4ccc5c(c4)C(C)(C)c4ccccc4-5)ccc3-c3ccc(-c4ccc5c(c4)C(C)(C(C)C)c4ccccc4-5)cc32)cc(C(=O)OC)c1OOCCOCCOCCC. The molecule has 20 heteroatoms. The molecule has 0 aromatic heterocycles. The summed E-state index contributed by atoms with van der Waals surface area (Å²) in [7, 11) is 5.86. The number of esters is 2. The van der Waals surface area contributed by atoms with Crippen molar-refractivity contribution >= 4 is 11.9 Å². The van der Waals surface area contributed by atoms with E-state index in [1.165, 1.54) is 58.7 Å². The Kier molecular flexibility index (Phi) is 29.4. The lowest BCUT2D eigenvalue weighted by molar-refractivity contribution is -0.236. The first kappa shape index (κ1) is 81.4. The monoisotopic (exact) mass is 1490 g/mol. The second kappa shape index (κ2) is 39.4. The van der Waals surface area contributed by atoms with E-state index >= 15 is 9.59 Å². The third-order valence-electron chi connectivity index (χ3n) is 20.6. The molecule has 3 aliphatic carbocycles. The molecule has 0 fully saturated rings. The van der Waals surface area contributed by atoms with Gasteiger partial charge in [0.15, 0.2) is 11.5 Å². The highest BCUT2D eigenvalue weighted by Gasteiger charge is 2.50. The molecule has 0 heterocycles. The first-order chi connectivity index (χ1) is 53.2. The third kappa shape index (κ3) is 18.2. The van der Waals surface area contributed by atoms with E-state index in [0.29, 0.717) is 90.4 Å². The Bertz CT molecular complexity index is 4220. The second-order valence-electron chi connectivity index (χ2n) is 27.9. The lowest BCUT2D eigenvalue weighted by atomic mass is 9.66. The van der Waals surface area contributed by atoms with E-state index in [2.05, 4.69) is 156 Å². The predicted octanol–water partition coefficient (Wildman–Crippen LogP) is 15.8. The van der Waals surface area contributed by atoms with E-state index in [9.17, 15) is 0 Å². The van der Waals surface area contributed by atoms with Gasteiger partial charge in [0.2, 0.25) is 11.5 Å². The van der Waals surface area contributed by atoms with E-state index in [1.54, 1.807) is 32.4 Å². The molecule has 0 spiro atoms.